The summed E-state index contributed by atoms with van der Waals surface area (Å²) in [5, 5.41) is 12.6. The Morgan fingerprint density at radius 2 is 2.00 bits per heavy atom. The molecular weight excluding hydrogens is 214 g/mol. The van der Waals surface area contributed by atoms with E-state index in [1.807, 2.05) is 0 Å². The number of carbonyl (C=O) groups is 1. The Labute approximate surface area is 105 Å². The number of hydrogen-bond acceptors (Lipinski definition) is 2. The van der Waals surface area contributed by atoms with Crippen LogP contribution in [0.25, 0.3) is 0 Å². The molecule has 3 nitrogen and oxygen atoms in total. The van der Waals surface area contributed by atoms with Gasteiger partial charge in [-0.05, 0) is 38.3 Å². The number of carboxylic acids is 1. The molecule has 1 rings (SSSR count). The first kappa shape index (κ1) is 14.5. The van der Waals surface area contributed by atoms with Crippen LogP contribution in [-0.2, 0) is 4.79 Å². The molecule has 17 heavy (non-hydrogen) atoms. The van der Waals surface area contributed by atoms with E-state index in [0.717, 1.165) is 32.4 Å². The van der Waals surface area contributed by atoms with Gasteiger partial charge in [0.25, 0.3) is 0 Å². The zero-order valence-electron chi connectivity index (χ0n) is 11.1. The van der Waals surface area contributed by atoms with Crippen LogP contribution in [-0.4, -0.2) is 24.2 Å². The molecule has 1 aliphatic carbocycles. The summed E-state index contributed by atoms with van der Waals surface area (Å²) in [4.78, 5) is 11.1. The van der Waals surface area contributed by atoms with Crippen LogP contribution in [0.2, 0.25) is 0 Å². The van der Waals surface area contributed by atoms with Gasteiger partial charge in [0.1, 0.15) is 0 Å². The monoisotopic (exact) mass is 241 g/mol. The van der Waals surface area contributed by atoms with Crippen molar-refractivity contribution in [3.05, 3.63) is 0 Å². The molecule has 0 aliphatic heterocycles. The molecule has 2 atom stereocenters. The summed E-state index contributed by atoms with van der Waals surface area (Å²) in [6.45, 7) is 4.15. The third-order valence-corrected chi connectivity index (χ3v) is 3.84. The molecule has 3 heteroatoms. The molecule has 0 spiro atoms. The average molecular weight is 241 g/mol. The first-order valence-corrected chi connectivity index (χ1v) is 7.19. The van der Waals surface area contributed by atoms with Crippen LogP contribution in [0.15, 0.2) is 0 Å². The van der Waals surface area contributed by atoms with Gasteiger partial charge >= 0.3 is 5.97 Å². The minimum Gasteiger partial charge on any atom is -0.481 e. The van der Waals surface area contributed by atoms with Gasteiger partial charge in [-0.3, -0.25) is 4.79 Å². The quantitative estimate of drug-likeness (QED) is 0.642. The van der Waals surface area contributed by atoms with E-state index in [2.05, 4.69) is 12.2 Å². The maximum Gasteiger partial charge on any atom is 0.306 e. The molecule has 1 fully saturated rings. The van der Waals surface area contributed by atoms with Crippen LogP contribution in [0.4, 0.5) is 0 Å². The van der Waals surface area contributed by atoms with Crippen molar-refractivity contribution in [2.75, 3.05) is 13.1 Å². The lowest BCUT2D eigenvalue weighted by molar-refractivity contribution is -0.144. The molecule has 0 saturated heterocycles. The highest BCUT2D eigenvalue weighted by molar-refractivity contribution is 5.70. The van der Waals surface area contributed by atoms with E-state index in [-0.39, 0.29) is 5.92 Å². The molecule has 0 heterocycles. The Morgan fingerprint density at radius 1 is 1.24 bits per heavy atom. The van der Waals surface area contributed by atoms with Gasteiger partial charge < -0.3 is 10.4 Å². The molecule has 0 bridgehead atoms. The van der Waals surface area contributed by atoms with E-state index in [1.54, 1.807) is 0 Å². The molecule has 0 aromatic rings. The van der Waals surface area contributed by atoms with Crippen LogP contribution in [0.5, 0.6) is 0 Å². The molecule has 2 unspecified atom stereocenters. The van der Waals surface area contributed by atoms with E-state index < -0.39 is 5.97 Å². The number of carboxylic acid groups (broad SMARTS) is 1. The summed E-state index contributed by atoms with van der Waals surface area (Å²) in [6.07, 6.45) is 9.33. The third-order valence-electron chi connectivity index (χ3n) is 3.84. The Hall–Kier alpha value is -0.570. The number of nitrogens with one attached hydrogen (secondary N) is 1. The minimum absolute atomic E-state index is 0.105. The highest BCUT2D eigenvalue weighted by atomic mass is 16.4. The second kappa shape index (κ2) is 8.51. The topological polar surface area (TPSA) is 49.3 Å². The summed E-state index contributed by atoms with van der Waals surface area (Å²) < 4.78 is 0. The molecule has 0 aromatic carbocycles. The molecular formula is C14H27NO2. The van der Waals surface area contributed by atoms with Crippen molar-refractivity contribution >= 4 is 5.97 Å². The zero-order chi connectivity index (χ0) is 12.5. The lowest BCUT2D eigenvalue weighted by Crippen LogP contribution is -2.35. The van der Waals surface area contributed by atoms with Gasteiger partial charge in [0.15, 0.2) is 0 Å². The van der Waals surface area contributed by atoms with E-state index in [4.69, 9.17) is 5.11 Å². The van der Waals surface area contributed by atoms with Gasteiger partial charge in [0.05, 0.1) is 5.92 Å². The van der Waals surface area contributed by atoms with E-state index in [9.17, 15) is 4.79 Å². The lowest BCUT2D eigenvalue weighted by Gasteiger charge is -2.28. The Morgan fingerprint density at radius 3 is 2.71 bits per heavy atom. The van der Waals surface area contributed by atoms with Crippen molar-refractivity contribution in [3.63, 3.8) is 0 Å². The molecule has 0 aromatic heterocycles. The van der Waals surface area contributed by atoms with Gasteiger partial charge in [-0.1, -0.05) is 39.0 Å². The summed E-state index contributed by atoms with van der Waals surface area (Å²) in [5.41, 5.74) is 0. The Balaban J connectivity index is 2.13. The highest BCUT2D eigenvalue weighted by Crippen LogP contribution is 2.29. The summed E-state index contributed by atoms with van der Waals surface area (Å²) in [7, 11) is 0. The van der Waals surface area contributed by atoms with Crippen molar-refractivity contribution in [2.24, 2.45) is 11.8 Å². The SMILES string of the molecule is CCCCCCNCC1CCCCC1C(=O)O. The Kier molecular flexibility index (Phi) is 7.25. The van der Waals surface area contributed by atoms with Crippen LogP contribution in [0.1, 0.15) is 58.3 Å². The fourth-order valence-electron chi connectivity index (χ4n) is 2.74. The first-order valence-electron chi connectivity index (χ1n) is 7.19. The number of unbranched alkanes of at least 4 members (excludes halogenated alkanes) is 3. The van der Waals surface area contributed by atoms with Crippen LogP contribution in [0, 0.1) is 11.8 Å². The lowest BCUT2D eigenvalue weighted by atomic mass is 9.79. The maximum atomic E-state index is 11.1. The van der Waals surface area contributed by atoms with Crippen molar-refractivity contribution in [2.45, 2.75) is 58.3 Å². The van der Waals surface area contributed by atoms with E-state index >= 15 is 0 Å². The minimum atomic E-state index is -0.595. The van der Waals surface area contributed by atoms with Gasteiger partial charge in [0.2, 0.25) is 0 Å². The molecule has 1 aliphatic rings. The van der Waals surface area contributed by atoms with E-state index in [0.29, 0.717) is 5.92 Å². The third kappa shape index (κ3) is 5.53. The largest absolute Gasteiger partial charge is 0.481 e. The van der Waals surface area contributed by atoms with Crippen molar-refractivity contribution in [1.82, 2.24) is 5.32 Å². The van der Waals surface area contributed by atoms with Crippen molar-refractivity contribution < 1.29 is 9.90 Å². The standard InChI is InChI=1S/C14H27NO2/c1-2-3-4-7-10-15-11-12-8-5-6-9-13(12)14(16)17/h12-13,15H,2-11H2,1H3,(H,16,17). The first-order chi connectivity index (χ1) is 8.25. The number of aliphatic carboxylic acids is 1. The molecule has 0 amide bonds. The second-order valence-corrected chi connectivity index (χ2v) is 5.25. The van der Waals surface area contributed by atoms with E-state index in [1.165, 1.54) is 32.1 Å². The molecule has 1 saturated carbocycles. The van der Waals surface area contributed by atoms with Gasteiger partial charge in [-0.2, -0.15) is 0 Å². The average Bonchev–Trinajstić information content (AvgIpc) is 2.34. The number of hydrogen-bond donors (Lipinski definition) is 2. The van der Waals surface area contributed by atoms with Gasteiger partial charge in [0, 0.05) is 0 Å². The molecule has 100 valence electrons. The maximum absolute atomic E-state index is 11.1. The fraction of sp³-hybridized carbons (Fsp3) is 0.929. The highest BCUT2D eigenvalue weighted by Gasteiger charge is 2.30. The summed E-state index contributed by atoms with van der Waals surface area (Å²) >= 11 is 0. The summed E-state index contributed by atoms with van der Waals surface area (Å²) in [6, 6.07) is 0. The summed E-state index contributed by atoms with van der Waals surface area (Å²) in [5.74, 6) is -0.346. The second-order valence-electron chi connectivity index (χ2n) is 5.25. The predicted molar refractivity (Wildman–Crippen MR) is 70.1 cm³/mol. The van der Waals surface area contributed by atoms with Crippen LogP contribution < -0.4 is 5.32 Å². The predicted octanol–water partition coefficient (Wildman–Crippen LogP) is 3.05. The molecule has 2 N–H and O–H groups in total. The van der Waals surface area contributed by atoms with Crippen molar-refractivity contribution in [1.29, 1.82) is 0 Å². The van der Waals surface area contributed by atoms with Gasteiger partial charge in [-0.25, -0.2) is 0 Å². The van der Waals surface area contributed by atoms with Gasteiger partial charge in [-0.15, -0.1) is 0 Å². The zero-order valence-corrected chi connectivity index (χ0v) is 11.1. The van der Waals surface area contributed by atoms with Crippen LogP contribution in [0.3, 0.4) is 0 Å². The smallest absolute Gasteiger partial charge is 0.306 e. The van der Waals surface area contributed by atoms with Crippen molar-refractivity contribution in [3.8, 4) is 0 Å². The fourth-order valence-corrected chi connectivity index (χ4v) is 2.74. The normalized spacial score (nSPS) is 24.8. The van der Waals surface area contributed by atoms with Crippen LogP contribution >= 0.6 is 0 Å². The number of rotatable bonds is 8. The Bertz CT molecular complexity index is 218. The molecule has 0 radical (unpaired) electrons.